The predicted molar refractivity (Wildman–Crippen MR) is 89.9 cm³/mol. The third-order valence-electron chi connectivity index (χ3n) is 3.86. The maximum atomic E-state index is 5.82. The zero-order chi connectivity index (χ0) is 16.1. The predicted octanol–water partition coefficient (Wildman–Crippen LogP) is 3.96. The largest absolute Gasteiger partial charge is 0.493 e. The SMILES string of the molecule is COCOc1cc(C#Cc2ccccc2)cc2c1C(C)CCO2. The van der Waals surface area contributed by atoms with Gasteiger partial charge in [-0.2, -0.15) is 0 Å². The van der Waals surface area contributed by atoms with Crippen molar-refractivity contribution in [1.29, 1.82) is 0 Å². The highest BCUT2D eigenvalue weighted by Gasteiger charge is 2.23. The molecule has 2 aromatic carbocycles. The quantitative estimate of drug-likeness (QED) is 0.634. The summed E-state index contributed by atoms with van der Waals surface area (Å²) < 4.78 is 16.6. The normalized spacial score (nSPS) is 15.8. The van der Waals surface area contributed by atoms with Gasteiger partial charge >= 0.3 is 0 Å². The number of ether oxygens (including phenoxy) is 3. The monoisotopic (exact) mass is 308 g/mol. The molecule has 0 N–H and O–H groups in total. The maximum absolute atomic E-state index is 5.82. The zero-order valence-electron chi connectivity index (χ0n) is 13.5. The van der Waals surface area contributed by atoms with Crippen molar-refractivity contribution in [2.45, 2.75) is 19.3 Å². The molecule has 23 heavy (non-hydrogen) atoms. The van der Waals surface area contributed by atoms with Crippen molar-refractivity contribution in [3.63, 3.8) is 0 Å². The molecule has 3 rings (SSSR count). The fourth-order valence-corrected chi connectivity index (χ4v) is 2.68. The Balaban J connectivity index is 1.97. The van der Waals surface area contributed by atoms with Crippen molar-refractivity contribution in [1.82, 2.24) is 0 Å². The van der Waals surface area contributed by atoms with Gasteiger partial charge in [0.25, 0.3) is 0 Å². The van der Waals surface area contributed by atoms with Crippen molar-refractivity contribution in [3.05, 3.63) is 59.2 Å². The molecule has 118 valence electrons. The summed E-state index contributed by atoms with van der Waals surface area (Å²) >= 11 is 0. The number of benzene rings is 2. The maximum Gasteiger partial charge on any atom is 0.188 e. The summed E-state index contributed by atoms with van der Waals surface area (Å²) in [7, 11) is 1.62. The van der Waals surface area contributed by atoms with Crippen molar-refractivity contribution in [2.24, 2.45) is 0 Å². The van der Waals surface area contributed by atoms with E-state index in [0.717, 1.165) is 41.2 Å². The molecule has 0 spiro atoms. The van der Waals surface area contributed by atoms with E-state index in [0.29, 0.717) is 5.92 Å². The number of methoxy groups -OCH3 is 1. The molecule has 0 amide bonds. The van der Waals surface area contributed by atoms with Crippen LogP contribution in [0.2, 0.25) is 0 Å². The van der Waals surface area contributed by atoms with Crippen LogP contribution in [0, 0.1) is 11.8 Å². The Labute approximate surface area is 137 Å². The van der Waals surface area contributed by atoms with Gasteiger partial charge in [0.05, 0.1) is 6.61 Å². The molecule has 3 nitrogen and oxygen atoms in total. The molecule has 1 heterocycles. The van der Waals surface area contributed by atoms with Gasteiger partial charge in [-0.3, -0.25) is 0 Å². The molecule has 1 aliphatic heterocycles. The molecule has 0 radical (unpaired) electrons. The zero-order valence-corrected chi connectivity index (χ0v) is 13.5. The van der Waals surface area contributed by atoms with Crippen LogP contribution in [-0.4, -0.2) is 20.5 Å². The van der Waals surface area contributed by atoms with Gasteiger partial charge in [0, 0.05) is 23.8 Å². The first kappa shape index (κ1) is 15.5. The molecular weight excluding hydrogens is 288 g/mol. The average Bonchev–Trinajstić information content (AvgIpc) is 2.59. The second-order valence-corrected chi connectivity index (χ2v) is 5.59. The fraction of sp³-hybridized carbons (Fsp3) is 0.300. The first-order valence-electron chi connectivity index (χ1n) is 7.77. The Morgan fingerprint density at radius 2 is 1.91 bits per heavy atom. The van der Waals surface area contributed by atoms with Gasteiger partial charge in [0.1, 0.15) is 11.5 Å². The number of hydrogen-bond donors (Lipinski definition) is 0. The van der Waals surface area contributed by atoms with Crippen molar-refractivity contribution in [3.8, 4) is 23.3 Å². The van der Waals surface area contributed by atoms with Crippen LogP contribution in [0.4, 0.5) is 0 Å². The Morgan fingerprint density at radius 1 is 1.13 bits per heavy atom. The Bertz CT molecular complexity index is 726. The summed E-state index contributed by atoms with van der Waals surface area (Å²) in [5, 5.41) is 0. The van der Waals surface area contributed by atoms with Gasteiger partial charge in [0.15, 0.2) is 6.79 Å². The topological polar surface area (TPSA) is 27.7 Å². The smallest absolute Gasteiger partial charge is 0.188 e. The van der Waals surface area contributed by atoms with Gasteiger partial charge in [-0.05, 0) is 36.6 Å². The van der Waals surface area contributed by atoms with E-state index in [2.05, 4.69) is 18.8 Å². The minimum Gasteiger partial charge on any atom is -0.493 e. The molecule has 0 bridgehead atoms. The Kier molecular flexibility index (Phi) is 4.85. The summed E-state index contributed by atoms with van der Waals surface area (Å²) in [6, 6.07) is 13.9. The van der Waals surface area contributed by atoms with Gasteiger partial charge in [-0.15, -0.1) is 0 Å². The summed E-state index contributed by atoms with van der Waals surface area (Å²) in [6.07, 6.45) is 0.991. The molecule has 1 unspecified atom stereocenters. The van der Waals surface area contributed by atoms with Crippen LogP contribution in [0.5, 0.6) is 11.5 Å². The lowest BCUT2D eigenvalue weighted by atomic mass is 9.93. The highest BCUT2D eigenvalue weighted by atomic mass is 16.7. The molecule has 3 heteroatoms. The van der Waals surface area contributed by atoms with Gasteiger partial charge in [0.2, 0.25) is 0 Å². The Hall–Kier alpha value is -2.44. The van der Waals surface area contributed by atoms with Crippen LogP contribution in [0.15, 0.2) is 42.5 Å². The lowest BCUT2D eigenvalue weighted by Crippen LogP contribution is -2.14. The summed E-state index contributed by atoms with van der Waals surface area (Å²) in [5.74, 6) is 8.44. The molecule has 0 saturated carbocycles. The molecule has 1 aliphatic rings. The number of fused-ring (bicyclic) bond motifs is 1. The van der Waals surface area contributed by atoms with E-state index in [1.807, 2.05) is 42.5 Å². The summed E-state index contributed by atoms with van der Waals surface area (Å²) in [4.78, 5) is 0. The van der Waals surface area contributed by atoms with Gasteiger partial charge in [-0.1, -0.05) is 37.0 Å². The van der Waals surface area contributed by atoms with Crippen LogP contribution < -0.4 is 9.47 Å². The third-order valence-corrected chi connectivity index (χ3v) is 3.86. The van der Waals surface area contributed by atoms with Crippen molar-refractivity contribution >= 4 is 0 Å². The van der Waals surface area contributed by atoms with E-state index >= 15 is 0 Å². The van der Waals surface area contributed by atoms with Gasteiger partial charge in [-0.25, -0.2) is 0 Å². The minimum atomic E-state index is 0.217. The molecule has 0 fully saturated rings. The second-order valence-electron chi connectivity index (χ2n) is 5.59. The van der Waals surface area contributed by atoms with Crippen LogP contribution in [0.3, 0.4) is 0 Å². The lowest BCUT2D eigenvalue weighted by Gasteiger charge is -2.25. The van der Waals surface area contributed by atoms with E-state index in [-0.39, 0.29) is 6.79 Å². The molecular formula is C20H20O3. The van der Waals surface area contributed by atoms with Crippen LogP contribution >= 0.6 is 0 Å². The van der Waals surface area contributed by atoms with E-state index < -0.39 is 0 Å². The van der Waals surface area contributed by atoms with Crippen LogP contribution in [0.25, 0.3) is 0 Å². The second kappa shape index (κ2) is 7.21. The lowest BCUT2D eigenvalue weighted by molar-refractivity contribution is 0.0495. The molecule has 0 aliphatic carbocycles. The van der Waals surface area contributed by atoms with Gasteiger partial charge < -0.3 is 14.2 Å². The first-order valence-corrected chi connectivity index (χ1v) is 7.77. The number of hydrogen-bond acceptors (Lipinski definition) is 3. The highest BCUT2D eigenvalue weighted by molar-refractivity contribution is 5.56. The van der Waals surface area contributed by atoms with E-state index in [1.54, 1.807) is 7.11 Å². The van der Waals surface area contributed by atoms with E-state index in [1.165, 1.54) is 0 Å². The first-order chi connectivity index (χ1) is 11.3. The van der Waals surface area contributed by atoms with Crippen LogP contribution in [0.1, 0.15) is 36.0 Å². The molecule has 1 atom stereocenters. The minimum absolute atomic E-state index is 0.217. The summed E-state index contributed by atoms with van der Waals surface area (Å²) in [6.45, 7) is 3.14. The summed E-state index contributed by atoms with van der Waals surface area (Å²) in [5.41, 5.74) is 2.98. The van der Waals surface area contributed by atoms with E-state index in [9.17, 15) is 0 Å². The van der Waals surface area contributed by atoms with Crippen LogP contribution in [-0.2, 0) is 4.74 Å². The van der Waals surface area contributed by atoms with E-state index in [4.69, 9.17) is 14.2 Å². The fourth-order valence-electron chi connectivity index (χ4n) is 2.68. The Morgan fingerprint density at radius 3 is 2.70 bits per heavy atom. The molecule has 0 aromatic heterocycles. The standard InChI is InChI=1S/C20H20O3/c1-15-10-11-22-18-12-17(9-8-16-6-4-3-5-7-16)13-19(20(15)18)23-14-21-2/h3-7,12-13,15H,10-11,14H2,1-2H3. The average molecular weight is 308 g/mol. The molecule has 2 aromatic rings. The van der Waals surface area contributed by atoms with Crippen molar-refractivity contribution in [2.75, 3.05) is 20.5 Å². The number of rotatable bonds is 3. The third kappa shape index (κ3) is 3.67. The molecule has 0 saturated heterocycles. The van der Waals surface area contributed by atoms with Crippen molar-refractivity contribution < 1.29 is 14.2 Å². The highest BCUT2D eigenvalue weighted by Crippen LogP contribution is 2.41.